The lowest BCUT2D eigenvalue weighted by Gasteiger charge is -2.35. The van der Waals surface area contributed by atoms with Crippen molar-refractivity contribution in [2.24, 2.45) is 0 Å². The van der Waals surface area contributed by atoms with Crippen LogP contribution in [0.4, 0.5) is 5.69 Å². The van der Waals surface area contributed by atoms with Crippen molar-refractivity contribution in [2.75, 3.05) is 31.1 Å². The second-order valence-corrected chi connectivity index (χ2v) is 8.11. The highest BCUT2D eigenvalue weighted by molar-refractivity contribution is 6.33. The molecule has 0 radical (unpaired) electrons. The van der Waals surface area contributed by atoms with Crippen LogP contribution >= 0.6 is 11.6 Å². The maximum absolute atomic E-state index is 13.1. The summed E-state index contributed by atoms with van der Waals surface area (Å²) in [5, 5.41) is 5.38. The zero-order valence-corrected chi connectivity index (χ0v) is 18.2. The number of anilines is 1. The van der Waals surface area contributed by atoms with Crippen molar-refractivity contribution in [3.05, 3.63) is 87.5 Å². The Morgan fingerprint density at radius 3 is 2.41 bits per heavy atom. The highest BCUT2D eigenvalue weighted by Gasteiger charge is 2.28. The van der Waals surface area contributed by atoms with Gasteiger partial charge in [0.15, 0.2) is 5.76 Å². The molecule has 3 heterocycles. The number of halogens is 1. The van der Waals surface area contributed by atoms with Crippen LogP contribution in [0.15, 0.2) is 70.0 Å². The van der Waals surface area contributed by atoms with Crippen LogP contribution < -0.4 is 10.5 Å². The van der Waals surface area contributed by atoms with Crippen LogP contribution in [-0.4, -0.2) is 46.8 Å². The van der Waals surface area contributed by atoms with Gasteiger partial charge in [-0.3, -0.25) is 9.59 Å². The van der Waals surface area contributed by atoms with Gasteiger partial charge >= 0.3 is 0 Å². The van der Waals surface area contributed by atoms with Crippen molar-refractivity contribution in [1.29, 1.82) is 0 Å². The van der Waals surface area contributed by atoms with Gasteiger partial charge in [-0.15, -0.1) is 0 Å². The molecule has 162 valence electrons. The van der Waals surface area contributed by atoms with Crippen molar-refractivity contribution in [1.82, 2.24) is 14.7 Å². The zero-order chi connectivity index (χ0) is 22.2. The predicted octanol–water partition coefficient (Wildman–Crippen LogP) is 3.90. The van der Waals surface area contributed by atoms with E-state index in [0.717, 1.165) is 10.9 Å². The molecule has 0 saturated carbocycles. The molecule has 32 heavy (non-hydrogen) atoms. The van der Waals surface area contributed by atoms with E-state index in [9.17, 15) is 9.59 Å². The van der Waals surface area contributed by atoms with E-state index in [1.165, 1.54) is 4.68 Å². The topological polar surface area (TPSA) is 71.6 Å². The van der Waals surface area contributed by atoms with Gasteiger partial charge in [0.1, 0.15) is 10.6 Å². The average molecular weight is 449 g/mol. The molecule has 2 aromatic heterocycles. The molecule has 0 unspecified atom stereocenters. The number of aromatic nitrogens is 2. The summed E-state index contributed by atoms with van der Waals surface area (Å²) in [4.78, 5) is 29.6. The van der Waals surface area contributed by atoms with Gasteiger partial charge in [-0.25, -0.2) is 0 Å². The van der Waals surface area contributed by atoms with Gasteiger partial charge in [-0.2, -0.15) is 9.78 Å². The molecule has 1 amide bonds. The smallest absolute Gasteiger partial charge is 0.292 e. The maximum atomic E-state index is 13.1. The Kier molecular flexibility index (Phi) is 5.19. The highest BCUT2D eigenvalue weighted by Crippen LogP contribution is 2.27. The number of carbonyl (C=O) groups excluding carboxylic acids is 1. The predicted molar refractivity (Wildman–Crippen MR) is 124 cm³/mol. The van der Waals surface area contributed by atoms with Crippen LogP contribution in [-0.2, 0) is 0 Å². The van der Waals surface area contributed by atoms with E-state index >= 15 is 0 Å². The largest absolute Gasteiger partial charge is 0.451 e. The molecule has 1 aliphatic heterocycles. The number of piperazine rings is 1. The summed E-state index contributed by atoms with van der Waals surface area (Å²) >= 11 is 6.43. The lowest BCUT2D eigenvalue weighted by atomic mass is 10.1. The number of carbonyl (C=O) groups is 1. The van der Waals surface area contributed by atoms with Gasteiger partial charge in [-0.05, 0) is 25.1 Å². The summed E-state index contributed by atoms with van der Waals surface area (Å²) in [6.07, 6.45) is 1.61. The summed E-state index contributed by atoms with van der Waals surface area (Å²) in [5.41, 5.74) is 2.43. The second kappa shape index (κ2) is 8.16. The highest BCUT2D eigenvalue weighted by atomic mass is 35.5. The molecule has 0 atom stereocenters. The summed E-state index contributed by atoms with van der Waals surface area (Å²) in [6.45, 7) is 3.98. The first-order chi connectivity index (χ1) is 15.5. The van der Waals surface area contributed by atoms with Gasteiger partial charge < -0.3 is 14.2 Å². The Labute approximate surface area is 189 Å². The minimum atomic E-state index is -0.369. The molecule has 0 N–H and O–H groups in total. The van der Waals surface area contributed by atoms with E-state index < -0.39 is 0 Å². The fourth-order valence-corrected chi connectivity index (χ4v) is 4.32. The third-order valence-corrected chi connectivity index (χ3v) is 6.20. The Balaban J connectivity index is 1.33. The minimum Gasteiger partial charge on any atom is -0.451 e. The summed E-state index contributed by atoms with van der Waals surface area (Å²) < 4.78 is 7.12. The Morgan fingerprint density at radius 1 is 1.00 bits per heavy atom. The third-order valence-electron chi connectivity index (χ3n) is 5.85. The van der Waals surface area contributed by atoms with E-state index in [1.54, 1.807) is 23.2 Å². The number of benzene rings is 2. The second-order valence-electron chi connectivity index (χ2n) is 7.73. The van der Waals surface area contributed by atoms with Crippen molar-refractivity contribution in [3.8, 4) is 5.69 Å². The summed E-state index contributed by atoms with van der Waals surface area (Å²) in [5.74, 6) is 0.256. The number of hydrogen-bond acceptors (Lipinski definition) is 5. The van der Waals surface area contributed by atoms with Crippen LogP contribution in [0.3, 0.4) is 0 Å². The number of hydrogen-bond donors (Lipinski definition) is 0. The molecular weight excluding hydrogens is 428 g/mol. The lowest BCUT2D eigenvalue weighted by Crippen LogP contribution is -2.49. The van der Waals surface area contributed by atoms with Crippen molar-refractivity contribution >= 4 is 34.2 Å². The van der Waals surface area contributed by atoms with Crippen molar-refractivity contribution in [3.63, 3.8) is 0 Å². The van der Waals surface area contributed by atoms with E-state index in [0.29, 0.717) is 48.9 Å². The Hall–Kier alpha value is -3.58. The monoisotopic (exact) mass is 448 g/mol. The number of rotatable bonds is 3. The molecule has 7 nitrogen and oxygen atoms in total. The number of nitrogens with zero attached hydrogens (tertiary/aromatic N) is 4. The van der Waals surface area contributed by atoms with Gasteiger partial charge in [0, 0.05) is 37.1 Å². The first-order valence-electron chi connectivity index (χ1n) is 10.4. The molecule has 8 heteroatoms. The normalized spacial score (nSPS) is 14.2. The molecule has 1 fully saturated rings. The van der Waals surface area contributed by atoms with Gasteiger partial charge in [0.05, 0.1) is 17.6 Å². The lowest BCUT2D eigenvalue weighted by molar-refractivity contribution is 0.0716. The molecule has 0 bridgehead atoms. The molecule has 4 aromatic rings. The summed E-state index contributed by atoms with van der Waals surface area (Å²) in [6, 6.07) is 16.8. The maximum Gasteiger partial charge on any atom is 0.292 e. The van der Waals surface area contributed by atoms with E-state index in [4.69, 9.17) is 16.0 Å². The number of amides is 1. The van der Waals surface area contributed by atoms with Gasteiger partial charge in [0.25, 0.3) is 11.5 Å². The Bertz CT molecular complexity index is 1350. The van der Waals surface area contributed by atoms with E-state index in [1.807, 2.05) is 54.3 Å². The van der Waals surface area contributed by atoms with Crippen molar-refractivity contribution in [2.45, 2.75) is 6.92 Å². The minimum absolute atomic E-state index is 0.122. The summed E-state index contributed by atoms with van der Waals surface area (Å²) in [7, 11) is 0. The third kappa shape index (κ3) is 3.44. The number of furan rings is 1. The van der Waals surface area contributed by atoms with Gasteiger partial charge in [-0.1, -0.05) is 48.0 Å². The van der Waals surface area contributed by atoms with Gasteiger partial charge in [0.2, 0.25) is 0 Å². The molecule has 0 spiro atoms. The quantitative estimate of drug-likeness (QED) is 0.475. The van der Waals surface area contributed by atoms with Crippen LogP contribution in [0.2, 0.25) is 5.02 Å². The van der Waals surface area contributed by atoms with Crippen LogP contribution in [0, 0.1) is 6.92 Å². The molecular formula is C24H21ClN4O3. The Morgan fingerprint density at radius 2 is 1.69 bits per heavy atom. The van der Waals surface area contributed by atoms with Crippen LogP contribution in [0.5, 0.6) is 0 Å². The standard InChI is InChI=1S/C24H21ClN4O3/c1-16-18-9-5-6-10-20(18)32-22(16)24(31)28-13-11-27(12-14-28)19-15-26-29(23(30)21(19)25)17-7-3-2-4-8-17/h2-10,15H,11-14H2,1H3. The molecule has 1 aliphatic rings. The first-order valence-corrected chi connectivity index (χ1v) is 10.8. The molecule has 1 saturated heterocycles. The van der Waals surface area contributed by atoms with E-state index in [2.05, 4.69) is 5.10 Å². The molecule has 2 aromatic carbocycles. The van der Waals surface area contributed by atoms with Crippen LogP contribution in [0.25, 0.3) is 16.7 Å². The van der Waals surface area contributed by atoms with Crippen LogP contribution in [0.1, 0.15) is 16.1 Å². The number of aryl methyl sites for hydroxylation is 1. The fraction of sp³-hybridized carbons (Fsp3) is 0.208. The zero-order valence-electron chi connectivity index (χ0n) is 17.5. The fourth-order valence-electron chi connectivity index (χ4n) is 4.07. The number of para-hydroxylation sites is 2. The number of fused-ring (bicyclic) bond motifs is 1. The van der Waals surface area contributed by atoms with Crippen molar-refractivity contribution < 1.29 is 9.21 Å². The van der Waals surface area contributed by atoms with E-state index in [-0.39, 0.29) is 16.5 Å². The molecule has 5 rings (SSSR count). The molecule has 0 aliphatic carbocycles. The SMILES string of the molecule is Cc1c(C(=O)N2CCN(c3cnn(-c4ccccc4)c(=O)c3Cl)CC2)oc2ccccc12. The average Bonchev–Trinajstić information content (AvgIpc) is 3.17. The first kappa shape index (κ1) is 20.3.